The Bertz CT molecular complexity index is 588. The van der Waals surface area contributed by atoms with Crippen LogP contribution in [0.3, 0.4) is 0 Å². The minimum absolute atomic E-state index is 0.166. The molecule has 0 saturated carbocycles. The molecule has 106 valence electrons. The van der Waals surface area contributed by atoms with Crippen LogP contribution in [0.25, 0.3) is 0 Å². The van der Waals surface area contributed by atoms with Crippen molar-refractivity contribution in [1.29, 1.82) is 0 Å². The molecule has 1 N–H and O–H groups in total. The minimum atomic E-state index is -0.380. The molecule has 0 aliphatic rings. The SMILES string of the molecule is CCC(NCc1ccc(F)c(Cl)c1)c1cccc(Br)c1. The molecule has 0 spiro atoms. The van der Waals surface area contributed by atoms with Gasteiger partial charge in [0, 0.05) is 17.1 Å². The monoisotopic (exact) mass is 355 g/mol. The Morgan fingerprint density at radius 3 is 2.70 bits per heavy atom. The lowest BCUT2D eigenvalue weighted by Gasteiger charge is -2.18. The first-order valence-electron chi connectivity index (χ1n) is 6.53. The number of rotatable bonds is 5. The molecule has 2 aromatic carbocycles. The van der Waals surface area contributed by atoms with Crippen LogP contribution in [0.4, 0.5) is 4.39 Å². The van der Waals surface area contributed by atoms with Crippen molar-refractivity contribution in [2.24, 2.45) is 0 Å². The van der Waals surface area contributed by atoms with Gasteiger partial charge in [0.1, 0.15) is 5.82 Å². The van der Waals surface area contributed by atoms with Gasteiger partial charge in [-0.1, -0.05) is 52.7 Å². The molecule has 1 unspecified atom stereocenters. The Hall–Kier alpha value is -0.900. The third kappa shape index (κ3) is 4.05. The van der Waals surface area contributed by atoms with E-state index in [1.54, 1.807) is 12.1 Å². The predicted octanol–water partition coefficient (Wildman–Crippen LogP) is 5.48. The van der Waals surface area contributed by atoms with Gasteiger partial charge >= 0.3 is 0 Å². The normalized spacial score (nSPS) is 12.4. The number of halogens is 3. The van der Waals surface area contributed by atoms with Crippen molar-refractivity contribution in [3.05, 3.63) is 68.9 Å². The topological polar surface area (TPSA) is 12.0 Å². The van der Waals surface area contributed by atoms with Gasteiger partial charge in [-0.05, 0) is 41.8 Å². The van der Waals surface area contributed by atoms with Gasteiger partial charge in [-0.25, -0.2) is 4.39 Å². The van der Waals surface area contributed by atoms with Gasteiger partial charge in [0.2, 0.25) is 0 Å². The predicted molar refractivity (Wildman–Crippen MR) is 85.4 cm³/mol. The third-order valence-electron chi connectivity index (χ3n) is 3.20. The standard InChI is InChI=1S/C16H16BrClFN/c1-2-16(12-4-3-5-13(17)9-12)20-10-11-6-7-15(19)14(18)8-11/h3-9,16,20H,2,10H2,1H3. The van der Waals surface area contributed by atoms with Crippen LogP contribution in [0.2, 0.25) is 5.02 Å². The molecule has 0 aromatic heterocycles. The van der Waals surface area contributed by atoms with Crippen LogP contribution in [-0.2, 0) is 6.54 Å². The fraction of sp³-hybridized carbons (Fsp3) is 0.250. The van der Waals surface area contributed by atoms with Gasteiger partial charge in [0.25, 0.3) is 0 Å². The summed E-state index contributed by atoms with van der Waals surface area (Å²) in [5.74, 6) is -0.380. The van der Waals surface area contributed by atoms with Gasteiger partial charge in [-0.3, -0.25) is 0 Å². The molecule has 2 aromatic rings. The summed E-state index contributed by atoms with van der Waals surface area (Å²) in [4.78, 5) is 0. The molecule has 20 heavy (non-hydrogen) atoms. The lowest BCUT2D eigenvalue weighted by atomic mass is 10.0. The summed E-state index contributed by atoms with van der Waals surface area (Å²) in [5.41, 5.74) is 2.21. The molecule has 2 rings (SSSR count). The quantitative estimate of drug-likeness (QED) is 0.747. The highest BCUT2D eigenvalue weighted by Gasteiger charge is 2.09. The van der Waals surface area contributed by atoms with Crippen LogP contribution in [0, 0.1) is 5.82 Å². The molecule has 0 heterocycles. The van der Waals surface area contributed by atoms with Gasteiger partial charge in [-0.2, -0.15) is 0 Å². The maximum atomic E-state index is 13.1. The average Bonchev–Trinajstić information content (AvgIpc) is 2.43. The molecule has 4 heteroatoms. The first kappa shape index (κ1) is 15.5. The number of benzene rings is 2. The Morgan fingerprint density at radius 2 is 2.05 bits per heavy atom. The van der Waals surface area contributed by atoms with Crippen LogP contribution >= 0.6 is 27.5 Å². The second-order valence-corrected chi connectivity index (χ2v) is 5.97. The van der Waals surface area contributed by atoms with Crippen molar-refractivity contribution in [3.63, 3.8) is 0 Å². The molecular weight excluding hydrogens is 341 g/mol. The smallest absolute Gasteiger partial charge is 0.141 e. The van der Waals surface area contributed by atoms with E-state index < -0.39 is 0 Å². The maximum absolute atomic E-state index is 13.1. The van der Waals surface area contributed by atoms with Crippen LogP contribution in [-0.4, -0.2) is 0 Å². The molecule has 0 saturated heterocycles. The minimum Gasteiger partial charge on any atom is -0.306 e. The van der Waals surface area contributed by atoms with Crippen molar-refractivity contribution in [1.82, 2.24) is 5.32 Å². The van der Waals surface area contributed by atoms with Gasteiger partial charge in [-0.15, -0.1) is 0 Å². The fourth-order valence-electron chi connectivity index (χ4n) is 2.11. The average molecular weight is 357 g/mol. The Labute approximate surface area is 132 Å². The van der Waals surface area contributed by atoms with E-state index >= 15 is 0 Å². The Morgan fingerprint density at radius 1 is 1.25 bits per heavy atom. The summed E-state index contributed by atoms with van der Waals surface area (Å²) in [7, 11) is 0. The van der Waals surface area contributed by atoms with Crippen molar-refractivity contribution >= 4 is 27.5 Å². The molecule has 0 bridgehead atoms. The third-order valence-corrected chi connectivity index (χ3v) is 3.98. The number of nitrogens with one attached hydrogen (secondary N) is 1. The van der Waals surface area contributed by atoms with Crippen LogP contribution < -0.4 is 5.32 Å². The number of hydrogen-bond acceptors (Lipinski definition) is 1. The summed E-state index contributed by atoms with van der Waals surface area (Å²) in [5, 5.41) is 3.64. The van der Waals surface area contributed by atoms with Crippen molar-refractivity contribution in [2.75, 3.05) is 0 Å². The highest BCUT2D eigenvalue weighted by atomic mass is 79.9. The number of hydrogen-bond donors (Lipinski definition) is 1. The van der Waals surface area contributed by atoms with E-state index in [0.29, 0.717) is 6.54 Å². The summed E-state index contributed by atoms with van der Waals surface area (Å²) in [6, 6.07) is 13.3. The van der Waals surface area contributed by atoms with E-state index in [4.69, 9.17) is 11.6 Å². The molecule has 0 aliphatic heterocycles. The second kappa shape index (κ2) is 7.21. The van der Waals surface area contributed by atoms with Gasteiger partial charge in [0.05, 0.1) is 5.02 Å². The molecule has 1 atom stereocenters. The first-order valence-corrected chi connectivity index (χ1v) is 7.70. The molecule has 0 radical (unpaired) electrons. The van der Waals surface area contributed by atoms with Crippen molar-refractivity contribution < 1.29 is 4.39 Å². The highest BCUT2D eigenvalue weighted by molar-refractivity contribution is 9.10. The highest BCUT2D eigenvalue weighted by Crippen LogP contribution is 2.22. The lowest BCUT2D eigenvalue weighted by Crippen LogP contribution is -2.20. The van der Waals surface area contributed by atoms with E-state index in [9.17, 15) is 4.39 Å². The van der Waals surface area contributed by atoms with E-state index in [0.717, 1.165) is 16.5 Å². The van der Waals surface area contributed by atoms with Gasteiger partial charge < -0.3 is 5.32 Å². The molecule has 0 amide bonds. The van der Waals surface area contributed by atoms with E-state index in [1.807, 2.05) is 12.1 Å². The zero-order valence-electron chi connectivity index (χ0n) is 11.2. The summed E-state index contributed by atoms with van der Waals surface area (Å²) in [6.07, 6.45) is 0.978. The largest absolute Gasteiger partial charge is 0.306 e. The summed E-state index contributed by atoms with van der Waals surface area (Å²) >= 11 is 9.28. The molecule has 0 aliphatic carbocycles. The summed E-state index contributed by atoms with van der Waals surface area (Å²) in [6.45, 7) is 2.79. The molecule has 1 nitrogen and oxygen atoms in total. The van der Waals surface area contributed by atoms with Crippen molar-refractivity contribution in [2.45, 2.75) is 25.9 Å². The zero-order chi connectivity index (χ0) is 14.5. The van der Waals surface area contributed by atoms with Crippen LogP contribution in [0.1, 0.15) is 30.5 Å². The molecular formula is C16H16BrClFN. The van der Waals surface area contributed by atoms with Gasteiger partial charge in [0.15, 0.2) is 0 Å². The first-order chi connectivity index (χ1) is 9.60. The van der Waals surface area contributed by atoms with Crippen LogP contribution in [0.5, 0.6) is 0 Å². The van der Waals surface area contributed by atoms with Crippen molar-refractivity contribution in [3.8, 4) is 0 Å². The Kier molecular flexibility index (Phi) is 5.58. The van der Waals surface area contributed by atoms with E-state index in [-0.39, 0.29) is 16.9 Å². The van der Waals surface area contributed by atoms with E-state index in [2.05, 4.69) is 40.3 Å². The summed E-state index contributed by atoms with van der Waals surface area (Å²) < 4.78 is 14.2. The van der Waals surface area contributed by atoms with Crippen LogP contribution in [0.15, 0.2) is 46.9 Å². The molecule has 0 fully saturated rings. The zero-order valence-corrected chi connectivity index (χ0v) is 13.5. The van der Waals surface area contributed by atoms with E-state index in [1.165, 1.54) is 11.6 Å². The fourth-order valence-corrected chi connectivity index (χ4v) is 2.73. The maximum Gasteiger partial charge on any atom is 0.141 e. The Balaban J connectivity index is 2.05. The second-order valence-electron chi connectivity index (χ2n) is 4.65. The lowest BCUT2D eigenvalue weighted by molar-refractivity contribution is 0.518.